The first-order chi connectivity index (χ1) is 14.6. The van der Waals surface area contributed by atoms with Crippen molar-refractivity contribution in [3.05, 3.63) is 29.6 Å². The molecule has 0 radical (unpaired) electrons. The fourth-order valence-corrected chi connectivity index (χ4v) is 5.43. The van der Waals surface area contributed by atoms with Gasteiger partial charge in [0.05, 0.1) is 13.2 Å². The number of amides is 1. The molecule has 1 spiro atoms. The molecule has 1 amide bonds. The summed E-state index contributed by atoms with van der Waals surface area (Å²) in [5.41, 5.74) is 2.34. The first-order valence-electron chi connectivity index (χ1n) is 11.2. The topological polar surface area (TPSA) is 36.0 Å². The number of likely N-dealkylation sites (tertiary alicyclic amines) is 2. The third-order valence-electron chi connectivity index (χ3n) is 7.07. The molecule has 1 aromatic rings. The molecular weight excluding hydrogens is 381 g/mol. The first kappa shape index (κ1) is 21.0. The lowest BCUT2D eigenvalue weighted by atomic mass is 9.74. The maximum atomic E-state index is 14.1. The Morgan fingerprint density at radius 1 is 1.23 bits per heavy atom. The van der Waals surface area contributed by atoms with Crippen molar-refractivity contribution in [1.82, 2.24) is 9.80 Å². The second-order valence-corrected chi connectivity index (χ2v) is 8.68. The summed E-state index contributed by atoms with van der Waals surface area (Å²) in [7, 11) is 0. The van der Waals surface area contributed by atoms with Gasteiger partial charge in [-0.1, -0.05) is 5.92 Å². The number of benzene rings is 1. The predicted octanol–water partition coefficient (Wildman–Crippen LogP) is 3.62. The van der Waals surface area contributed by atoms with Crippen molar-refractivity contribution in [2.24, 2.45) is 0 Å². The zero-order valence-electron chi connectivity index (χ0n) is 18.1. The predicted molar refractivity (Wildman–Crippen MR) is 116 cm³/mol. The highest BCUT2D eigenvalue weighted by atomic mass is 19.1. The van der Waals surface area contributed by atoms with Crippen LogP contribution < -0.4 is 4.90 Å². The van der Waals surface area contributed by atoms with Crippen LogP contribution in [0.4, 0.5) is 14.9 Å². The Hall–Kier alpha value is -2.26. The van der Waals surface area contributed by atoms with Gasteiger partial charge in [0, 0.05) is 36.8 Å². The van der Waals surface area contributed by atoms with E-state index in [-0.39, 0.29) is 17.3 Å². The van der Waals surface area contributed by atoms with Gasteiger partial charge in [0.25, 0.3) is 0 Å². The van der Waals surface area contributed by atoms with Crippen molar-refractivity contribution in [3.8, 4) is 11.8 Å². The van der Waals surface area contributed by atoms with E-state index in [9.17, 15) is 9.18 Å². The van der Waals surface area contributed by atoms with Gasteiger partial charge >= 0.3 is 6.09 Å². The molecule has 0 N–H and O–H groups in total. The summed E-state index contributed by atoms with van der Waals surface area (Å²) in [6, 6.07) is 5.76. The quantitative estimate of drug-likeness (QED) is 0.709. The molecule has 0 atom stereocenters. The number of nitrogens with zero attached hydrogens (tertiary/aromatic N) is 3. The Balaban J connectivity index is 1.40. The molecule has 0 unspecified atom stereocenters. The van der Waals surface area contributed by atoms with Gasteiger partial charge in [-0.05, 0) is 76.4 Å². The third kappa shape index (κ3) is 4.00. The van der Waals surface area contributed by atoms with Crippen LogP contribution in [0.3, 0.4) is 0 Å². The van der Waals surface area contributed by atoms with E-state index < -0.39 is 0 Å². The van der Waals surface area contributed by atoms with Crippen LogP contribution in [-0.4, -0.2) is 67.8 Å². The zero-order chi connectivity index (χ0) is 21.1. The standard InChI is InChI=1S/C24H32FN3O2/c1-3-5-12-28-18-24(21-17-19(25)6-7-22(21)28)10-15-26(16-11-24)20-8-13-27(14-9-20)23(29)30-4-2/h6-7,17,20H,4,8-16,18H2,1-2H3. The number of carbonyl (C=O) groups excluding carboxylic acids is 1. The van der Waals surface area contributed by atoms with E-state index in [2.05, 4.69) is 21.6 Å². The molecule has 5 nitrogen and oxygen atoms in total. The molecule has 0 bridgehead atoms. The minimum absolute atomic E-state index is 0.0228. The zero-order valence-corrected chi connectivity index (χ0v) is 18.1. The van der Waals surface area contributed by atoms with Gasteiger partial charge in [0.15, 0.2) is 0 Å². The van der Waals surface area contributed by atoms with Crippen molar-refractivity contribution in [3.63, 3.8) is 0 Å². The second-order valence-electron chi connectivity index (χ2n) is 8.68. The van der Waals surface area contributed by atoms with Crippen molar-refractivity contribution in [2.45, 2.75) is 51.0 Å². The number of piperidine rings is 2. The Morgan fingerprint density at radius 2 is 1.97 bits per heavy atom. The van der Waals surface area contributed by atoms with E-state index in [1.165, 1.54) is 0 Å². The molecule has 30 heavy (non-hydrogen) atoms. The number of anilines is 1. The van der Waals surface area contributed by atoms with E-state index in [4.69, 9.17) is 4.74 Å². The fourth-order valence-electron chi connectivity index (χ4n) is 5.43. The number of hydrogen-bond donors (Lipinski definition) is 0. The molecule has 0 aliphatic carbocycles. The number of rotatable bonds is 3. The molecule has 0 saturated carbocycles. The smallest absolute Gasteiger partial charge is 0.409 e. The average Bonchev–Trinajstić information content (AvgIpc) is 3.05. The number of fused-ring (bicyclic) bond motifs is 2. The van der Waals surface area contributed by atoms with Gasteiger partial charge in [-0.25, -0.2) is 9.18 Å². The molecule has 2 saturated heterocycles. The highest BCUT2D eigenvalue weighted by molar-refractivity contribution is 5.67. The van der Waals surface area contributed by atoms with Crippen molar-refractivity contribution in [1.29, 1.82) is 0 Å². The van der Waals surface area contributed by atoms with E-state index in [0.717, 1.165) is 69.7 Å². The molecule has 2 fully saturated rings. The normalized spacial score (nSPS) is 21.3. The number of ether oxygens (including phenoxy) is 1. The summed E-state index contributed by atoms with van der Waals surface area (Å²) in [6.07, 6.45) is 3.88. The lowest BCUT2D eigenvalue weighted by Crippen LogP contribution is -2.52. The molecule has 1 aromatic carbocycles. The van der Waals surface area contributed by atoms with Crippen LogP contribution in [0.25, 0.3) is 0 Å². The SMILES string of the molecule is CC#CCN1CC2(CCN(C3CCN(C(=O)OCC)CC3)CC2)c2cc(F)ccc21. The van der Waals surface area contributed by atoms with Crippen LogP contribution in [0, 0.1) is 17.7 Å². The molecule has 3 aliphatic rings. The largest absolute Gasteiger partial charge is 0.450 e. The van der Waals surface area contributed by atoms with Crippen molar-refractivity contribution in [2.75, 3.05) is 50.8 Å². The minimum Gasteiger partial charge on any atom is -0.450 e. The Labute approximate surface area is 179 Å². The molecule has 0 aromatic heterocycles. The second kappa shape index (κ2) is 8.85. The minimum atomic E-state index is -0.187. The summed E-state index contributed by atoms with van der Waals surface area (Å²) in [5.74, 6) is 6.02. The first-order valence-corrected chi connectivity index (χ1v) is 11.2. The monoisotopic (exact) mass is 413 g/mol. The molecule has 3 aliphatic heterocycles. The molecule has 6 heteroatoms. The van der Waals surface area contributed by atoms with Gasteiger partial charge in [-0.15, -0.1) is 5.92 Å². The maximum Gasteiger partial charge on any atom is 0.409 e. The van der Waals surface area contributed by atoms with Crippen LogP contribution in [0.15, 0.2) is 18.2 Å². The lowest BCUT2D eigenvalue weighted by molar-refractivity contribution is 0.0580. The Morgan fingerprint density at radius 3 is 2.63 bits per heavy atom. The van der Waals surface area contributed by atoms with Crippen LogP contribution in [0.5, 0.6) is 0 Å². The lowest BCUT2D eigenvalue weighted by Gasteiger charge is -2.45. The number of hydrogen-bond acceptors (Lipinski definition) is 4. The van der Waals surface area contributed by atoms with Crippen LogP contribution in [-0.2, 0) is 10.2 Å². The van der Waals surface area contributed by atoms with Gasteiger partial charge in [0.2, 0.25) is 0 Å². The third-order valence-corrected chi connectivity index (χ3v) is 7.07. The Kier molecular flexibility index (Phi) is 6.19. The van der Waals surface area contributed by atoms with Gasteiger partial charge < -0.3 is 19.4 Å². The Bertz CT molecular complexity index is 831. The summed E-state index contributed by atoms with van der Waals surface area (Å²) in [4.78, 5) is 18.7. The highest BCUT2D eigenvalue weighted by Crippen LogP contribution is 2.47. The number of halogens is 1. The summed E-state index contributed by atoms with van der Waals surface area (Å²) in [5, 5.41) is 0. The van der Waals surface area contributed by atoms with Crippen LogP contribution in [0.2, 0.25) is 0 Å². The molecular formula is C24H32FN3O2. The van der Waals surface area contributed by atoms with Crippen molar-refractivity contribution < 1.29 is 13.9 Å². The maximum absolute atomic E-state index is 14.1. The molecule has 4 rings (SSSR count). The van der Waals surface area contributed by atoms with E-state index >= 15 is 0 Å². The average molecular weight is 414 g/mol. The van der Waals surface area contributed by atoms with Gasteiger partial charge in [0.1, 0.15) is 5.82 Å². The number of carbonyl (C=O) groups is 1. The van der Waals surface area contributed by atoms with Crippen LogP contribution in [0.1, 0.15) is 45.1 Å². The van der Waals surface area contributed by atoms with Gasteiger partial charge in [-0.3, -0.25) is 0 Å². The summed E-state index contributed by atoms with van der Waals surface area (Å²) >= 11 is 0. The highest BCUT2D eigenvalue weighted by Gasteiger charge is 2.45. The van der Waals surface area contributed by atoms with Crippen LogP contribution >= 0.6 is 0 Å². The van der Waals surface area contributed by atoms with E-state index in [0.29, 0.717) is 19.2 Å². The summed E-state index contributed by atoms with van der Waals surface area (Å²) < 4.78 is 19.2. The van der Waals surface area contributed by atoms with E-state index in [1.54, 1.807) is 12.1 Å². The van der Waals surface area contributed by atoms with E-state index in [1.807, 2.05) is 24.8 Å². The molecule has 3 heterocycles. The molecule has 162 valence electrons. The van der Waals surface area contributed by atoms with Gasteiger partial charge in [-0.2, -0.15) is 0 Å². The van der Waals surface area contributed by atoms with Crippen molar-refractivity contribution >= 4 is 11.8 Å². The summed E-state index contributed by atoms with van der Waals surface area (Å²) in [6.45, 7) is 9.34. The fraction of sp³-hybridized carbons (Fsp3) is 0.625.